The Morgan fingerprint density at radius 3 is 2.48 bits per heavy atom. The number of piperazine rings is 1. The molecule has 3 aromatic rings. The van der Waals surface area contributed by atoms with Gasteiger partial charge in [-0.1, -0.05) is 60.2 Å². The summed E-state index contributed by atoms with van der Waals surface area (Å²) in [6.07, 6.45) is 1.51. The van der Waals surface area contributed by atoms with Crippen molar-refractivity contribution in [1.29, 1.82) is 0 Å². The summed E-state index contributed by atoms with van der Waals surface area (Å²) in [5.74, 6) is -0.00985. The summed E-state index contributed by atoms with van der Waals surface area (Å²) >= 11 is 0. The molecular formula is C25H28N4O2. The average Bonchev–Trinajstić information content (AvgIpc) is 2.78. The number of aromatic hydroxyl groups is 1. The minimum Gasteiger partial charge on any atom is -0.507 e. The van der Waals surface area contributed by atoms with Crippen molar-refractivity contribution in [3.8, 4) is 5.75 Å². The second-order valence-electron chi connectivity index (χ2n) is 8.05. The molecule has 0 unspecified atom stereocenters. The monoisotopic (exact) mass is 416 g/mol. The zero-order valence-corrected chi connectivity index (χ0v) is 17.8. The van der Waals surface area contributed by atoms with Gasteiger partial charge in [0.05, 0.1) is 12.8 Å². The Bertz CT molecular complexity index is 1070. The van der Waals surface area contributed by atoms with E-state index in [1.807, 2.05) is 30.3 Å². The van der Waals surface area contributed by atoms with Crippen LogP contribution in [0.1, 0.15) is 16.7 Å². The van der Waals surface area contributed by atoms with Crippen molar-refractivity contribution < 1.29 is 9.90 Å². The summed E-state index contributed by atoms with van der Waals surface area (Å²) in [6.45, 7) is 6.95. The number of phenols is 1. The summed E-state index contributed by atoms with van der Waals surface area (Å²) < 4.78 is 0. The van der Waals surface area contributed by atoms with Gasteiger partial charge in [0.1, 0.15) is 5.75 Å². The number of carbonyl (C=O) groups is 1. The van der Waals surface area contributed by atoms with Gasteiger partial charge in [0, 0.05) is 38.3 Å². The number of aryl methyl sites for hydroxylation is 1. The molecule has 4 rings (SSSR count). The molecule has 0 spiro atoms. The first kappa shape index (κ1) is 21.0. The molecule has 1 saturated heterocycles. The molecule has 1 heterocycles. The summed E-state index contributed by atoms with van der Waals surface area (Å²) in [6, 6.07) is 19.9. The molecule has 2 N–H and O–H groups in total. The van der Waals surface area contributed by atoms with Gasteiger partial charge in [-0.3, -0.25) is 14.6 Å². The molecule has 1 fully saturated rings. The highest BCUT2D eigenvalue weighted by Crippen LogP contribution is 2.25. The normalized spacial score (nSPS) is 15.5. The number of fused-ring (bicyclic) bond motifs is 1. The van der Waals surface area contributed by atoms with Crippen LogP contribution in [0, 0.1) is 6.92 Å². The summed E-state index contributed by atoms with van der Waals surface area (Å²) in [5, 5.41) is 16.1. The van der Waals surface area contributed by atoms with Gasteiger partial charge in [0.25, 0.3) is 5.91 Å². The van der Waals surface area contributed by atoms with Gasteiger partial charge >= 0.3 is 0 Å². The number of hydrazone groups is 1. The maximum atomic E-state index is 12.3. The van der Waals surface area contributed by atoms with E-state index in [0.29, 0.717) is 12.1 Å². The van der Waals surface area contributed by atoms with E-state index in [-0.39, 0.29) is 11.7 Å². The maximum Gasteiger partial charge on any atom is 0.254 e. The fraction of sp³-hybridized carbons (Fsp3) is 0.280. The molecule has 0 atom stereocenters. The zero-order valence-electron chi connectivity index (χ0n) is 17.8. The molecular weight excluding hydrogens is 388 g/mol. The van der Waals surface area contributed by atoms with E-state index in [4.69, 9.17) is 0 Å². The second kappa shape index (κ2) is 9.73. The molecule has 31 heavy (non-hydrogen) atoms. The van der Waals surface area contributed by atoms with Crippen molar-refractivity contribution in [2.75, 3.05) is 32.7 Å². The number of phenolic OH excluding ortho intramolecular Hbond substituents is 1. The third-order valence-corrected chi connectivity index (χ3v) is 5.69. The number of nitrogens with zero attached hydrogens (tertiary/aromatic N) is 3. The lowest BCUT2D eigenvalue weighted by molar-refractivity contribution is -0.122. The number of benzene rings is 3. The highest BCUT2D eigenvalue weighted by molar-refractivity contribution is 6.02. The lowest BCUT2D eigenvalue weighted by atomic mass is 10.0. The van der Waals surface area contributed by atoms with Gasteiger partial charge in [0.2, 0.25) is 0 Å². The van der Waals surface area contributed by atoms with Gasteiger partial charge < -0.3 is 5.11 Å². The van der Waals surface area contributed by atoms with Crippen LogP contribution in [0.5, 0.6) is 5.75 Å². The molecule has 0 bridgehead atoms. The van der Waals surface area contributed by atoms with Crippen LogP contribution in [0.4, 0.5) is 0 Å². The van der Waals surface area contributed by atoms with Crippen molar-refractivity contribution in [2.45, 2.75) is 13.5 Å². The highest BCUT2D eigenvalue weighted by Gasteiger charge is 2.19. The first-order valence-corrected chi connectivity index (χ1v) is 10.6. The Morgan fingerprint density at radius 2 is 1.71 bits per heavy atom. The lowest BCUT2D eigenvalue weighted by Gasteiger charge is -2.34. The largest absolute Gasteiger partial charge is 0.507 e. The van der Waals surface area contributed by atoms with Gasteiger partial charge in [-0.2, -0.15) is 5.10 Å². The van der Waals surface area contributed by atoms with Crippen LogP contribution in [0.25, 0.3) is 10.8 Å². The molecule has 6 nitrogen and oxygen atoms in total. The van der Waals surface area contributed by atoms with E-state index in [1.165, 1.54) is 17.3 Å². The molecule has 0 aliphatic carbocycles. The molecule has 0 aromatic heterocycles. The van der Waals surface area contributed by atoms with E-state index in [1.54, 1.807) is 6.07 Å². The van der Waals surface area contributed by atoms with Gasteiger partial charge in [-0.05, 0) is 29.3 Å². The van der Waals surface area contributed by atoms with E-state index in [9.17, 15) is 9.90 Å². The third kappa shape index (κ3) is 5.48. The van der Waals surface area contributed by atoms with Crippen LogP contribution in [0.2, 0.25) is 0 Å². The van der Waals surface area contributed by atoms with Gasteiger partial charge in [-0.25, -0.2) is 5.43 Å². The first-order chi connectivity index (χ1) is 15.1. The predicted molar refractivity (Wildman–Crippen MR) is 124 cm³/mol. The molecule has 1 amide bonds. The van der Waals surface area contributed by atoms with E-state index >= 15 is 0 Å². The van der Waals surface area contributed by atoms with Crippen LogP contribution < -0.4 is 5.43 Å². The molecule has 1 aliphatic rings. The lowest BCUT2D eigenvalue weighted by Crippen LogP contribution is -2.48. The zero-order chi connectivity index (χ0) is 21.6. The minimum absolute atomic E-state index is 0.140. The molecule has 0 saturated carbocycles. The third-order valence-electron chi connectivity index (χ3n) is 5.69. The second-order valence-corrected chi connectivity index (χ2v) is 8.05. The SMILES string of the molecule is Cc1ccc(CN2CCN(CC(=O)N/N=C\c3c(O)ccc4ccccc34)CC2)cc1. The Labute approximate surface area is 182 Å². The van der Waals surface area contributed by atoms with Gasteiger partial charge in [0.15, 0.2) is 0 Å². The summed E-state index contributed by atoms with van der Waals surface area (Å²) in [4.78, 5) is 16.9. The molecule has 6 heteroatoms. The van der Waals surface area contributed by atoms with E-state index < -0.39 is 0 Å². The topological polar surface area (TPSA) is 68.2 Å². The van der Waals surface area contributed by atoms with Crippen molar-refractivity contribution >= 4 is 22.9 Å². The fourth-order valence-electron chi connectivity index (χ4n) is 3.88. The maximum absolute atomic E-state index is 12.3. The van der Waals surface area contributed by atoms with Crippen LogP contribution in [-0.2, 0) is 11.3 Å². The van der Waals surface area contributed by atoms with Crippen LogP contribution in [-0.4, -0.2) is 59.8 Å². The number of nitrogens with one attached hydrogen (secondary N) is 1. The van der Waals surface area contributed by atoms with Crippen LogP contribution in [0.15, 0.2) is 65.8 Å². The fourth-order valence-corrected chi connectivity index (χ4v) is 3.88. The highest BCUT2D eigenvalue weighted by atomic mass is 16.3. The van der Waals surface area contributed by atoms with Crippen LogP contribution in [0.3, 0.4) is 0 Å². The quantitative estimate of drug-likeness (QED) is 0.479. The standard InChI is InChI=1S/C25H28N4O2/c1-19-6-8-20(9-7-19)17-28-12-14-29(15-13-28)18-25(31)27-26-16-23-22-5-3-2-4-21(22)10-11-24(23)30/h2-11,16,30H,12-15,17-18H2,1H3,(H,27,31)/b26-16-. The number of rotatable bonds is 6. The molecule has 3 aromatic carbocycles. The van der Waals surface area contributed by atoms with E-state index in [2.05, 4.69) is 51.5 Å². The Balaban J connectivity index is 1.26. The Hall–Kier alpha value is -3.22. The van der Waals surface area contributed by atoms with Crippen molar-refractivity contribution in [3.05, 3.63) is 77.4 Å². The van der Waals surface area contributed by atoms with Gasteiger partial charge in [-0.15, -0.1) is 0 Å². The van der Waals surface area contributed by atoms with Crippen molar-refractivity contribution in [1.82, 2.24) is 15.2 Å². The predicted octanol–water partition coefficient (Wildman–Crippen LogP) is 3.12. The number of hydrogen-bond donors (Lipinski definition) is 2. The Kier molecular flexibility index (Phi) is 6.60. The van der Waals surface area contributed by atoms with E-state index in [0.717, 1.165) is 43.5 Å². The molecule has 0 radical (unpaired) electrons. The molecule has 1 aliphatic heterocycles. The Morgan fingerprint density at radius 1 is 1.00 bits per heavy atom. The number of carbonyl (C=O) groups excluding carboxylic acids is 1. The average molecular weight is 417 g/mol. The van der Waals surface area contributed by atoms with Crippen molar-refractivity contribution in [3.63, 3.8) is 0 Å². The first-order valence-electron chi connectivity index (χ1n) is 10.6. The summed E-state index contributed by atoms with van der Waals surface area (Å²) in [7, 11) is 0. The van der Waals surface area contributed by atoms with Crippen LogP contribution >= 0.6 is 0 Å². The summed E-state index contributed by atoms with van der Waals surface area (Å²) in [5.41, 5.74) is 5.79. The molecule has 160 valence electrons. The number of amides is 1. The smallest absolute Gasteiger partial charge is 0.254 e. The van der Waals surface area contributed by atoms with Crippen molar-refractivity contribution in [2.24, 2.45) is 5.10 Å². The minimum atomic E-state index is -0.150. The number of hydrogen-bond acceptors (Lipinski definition) is 5.